The average molecular weight is 352 g/mol. The first kappa shape index (κ1) is 16.4. The van der Waals surface area contributed by atoms with Crippen LogP contribution in [0, 0.1) is 16.0 Å². The summed E-state index contributed by atoms with van der Waals surface area (Å²) in [5.74, 6) is 2.00. The third-order valence-electron chi connectivity index (χ3n) is 5.33. The van der Waals surface area contributed by atoms with Crippen LogP contribution < -0.4 is 14.8 Å². The maximum atomic E-state index is 11.2. The number of nitrogens with one attached hydrogen (secondary N) is 1. The highest BCUT2D eigenvalue weighted by Gasteiger charge is 2.39. The molecule has 26 heavy (non-hydrogen) atoms. The molecule has 1 heterocycles. The van der Waals surface area contributed by atoms with Gasteiger partial charge in [-0.1, -0.05) is 12.2 Å². The Kier molecular flexibility index (Phi) is 4.03. The van der Waals surface area contributed by atoms with Crippen molar-refractivity contribution in [3.05, 3.63) is 69.8 Å². The maximum Gasteiger partial charge on any atom is 0.269 e. The number of allylic oxidation sites excluding steroid dienone is 2. The first-order valence-electron chi connectivity index (χ1n) is 8.56. The Morgan fingerprint density at radius 1 is 1.12 bits per heavy atom. The normalized spacial score (nSPS) is 22.9. The second kappa shape index (κ2) is 6.37. The van der Waals surface area contributed by atoms with E-state index in [0.29, 0.717) is 0 Å². The van der Waals surface area contributed by atoms with Crippen molar-refractivity contribution >= 4 is 11.4 Å². The smallest absolute Gasteiger partial charge is 0.269 e. The molecule has 0 saturated carbocycles. The standard InChI is InChI=1S/C20H20N2O4/c1-25-13-7-9-19(26-2)17(11-13)20-15-5-3-4-14(15)16-10-12(22(23)24)6-8-18(16)21-20/h3-4,6-11,14-15,20-21H,5H2,1-2H3/t14-,15-,20+/m1/s1. The number of hydrogen-bond donors (Lipinski definition) is 1. The Morgan fingerprint density at radius 2 is 1.96 bits per heavy atom. The zero-order valence-electron chi connectivity index (χ0n) is 14.6. The summed E-state index contributed by atoms with van der Waals surface area (Å²) in [5.41, 5.74) is 3.07. The van der Waals surface area contributed by atoms with E-state index >= 15 is 0 Å². The molecule has 3 atom stereocenters. The van der Waals surface area contributed by atoms with Crippen LogP contribution in [0.1, 0.15) is 29.5 Å². The fourth-order valence-electron chi connectivity index (χ4n) is 4.09. The van der Waals surface area contributed by atoms with E-state index in [0.717, 1.165) is 34.7 Å². The van der Waals surface area contributed by atoms with E-state index in [2.05, 4.69) is 17.5 Å². The van der Waals surface area contributed by atoms with Crippen LogP contribution in [0.15, 0.2) is 48.6 Å². The molecule has 134 valence electrons. The van der Waals surface area contributed by atoms with Crippen molar-refractivity contribution in [2.24, 2.45) is 5.92 Å². The molecule has 1 aliphatic carbocycles. The Bertz CT molecular complexity index is 893. The van der Waals surface area contributed by atoms with Crippen LogP contribution in [-0.2, 0) is 0 Å². The van der Waals surface area contributed by atoms with Gasteiger partial charge in [0.25, 0.3) is 5.69 Å². The number of non-ortho nitro benzene ring substituents is 1. The number of ether oxygens (including phenoxy) is 2. The highest BCUT2D eigenvalue weighted by Crippen LogP contribution is 2.52. The first-order chi connectivity index (χ1) is 12.6. The summed E-state index contributed by atoms with van der Waals surface area (Å²) >= 11 is 0. The van der Waals surface area contributed by atoms with Crippen LogP contribution in [0.2, 0.25) is 0 Å². The lowest BCUT2D eigenvalue weighted by atomic mass is 9.76. The average Bonchev–Trinajstić information content (AvgIpc) is 3.16. The van der Waals surface area contributed by atoms with Gasteiger partial charge >= 0.3 is 0 Å². The number of anilines is 1. The molecule has 6 heteroatoms. The predicted octanol–water partition coefficient (Wildman–Crippen LogP) is 4.44. The molecule has 2 aliphatic rings. The molecular weight excluding hydrogens is 332 g/mol. The topological polar surface area (TPSA) is 73.6 Å². The van der Waals surface area contributed by atoms with Crippen molar-refractivity contribution in [2.75, 3.05) is 19.5 Å². The second-order valence-electron chi connectivity index (χ2n) is 6.61. The number of hydrogen-bond acceptors (Lipinski definition) is 5. The van der Waals surface area contributed by atoms with Gasteiger partial charge in [-0.25, -0.2) is 0 Å². The minimum Gasteiger partial charge on any atom is -0.497 e. The quantitative estimate of drug-likeness (QED) is 0.500. The van der Waals surface area contributed by atoms with Gasteiger partial charge in [0, 0.05) is 29.3 Å². The number of methoxy groups -OCH3 is 2. The van der Waals surface area contributed by atoms with E-state index in [9.17, 15) is 10.1 Å². The van der Waals surface area contributed by atoms with Gasteiger partial charge in [0.15, 0.2) is 0 Å². The molecule has 2 aromatic carbocycles. The Hall–Kier alpha value is -3.02. The van der Waals surface area contributed by atoms with Gasteiger partial charge in [0.1, 0.15) is 11.5 Å². The molecule has 0 fully saturated rings. The number of rotatable bonds is 4. The third-order valence-corrected chi connectivity index (χ3v) is 5.33. The third kappa shape index (κ3) is 2.58. The molecule has 0 unspecified atom stereocenters. The van der Waals surface area contributed by atoms with Gasteiger partial charge in [-0.2, -0.15) is 0 Å². The zero-order chi connectivity index (χ0) is 18.3. The summed E-state index contributed by atoms with van der Waals surface area (Å²) in [7, 11) is 3.31. The molecule has 0 bridgehead atoms. The van der Waals surface area contributed by atoms with Gasteiger partial charge in [0.2, 0.25) is 0 Å². The van der Waals surface area contributed by atoms with Crippen molar-refractivity contribution in [1.29, 1.82) is 0 Å². The van der Waals surface area contributed by atoms with E-state index in [1.54, 1.807) is 32.4 Å². The minimum absolute atomic E-state index is 0.0361. The molecule has 0 spiro atoms. The van der Waals surface area contributed by atoms with Crippen molar-refractivity contribution in [2.45, 2.75) is 18.4 Å². The number of benzene rings is 2. The molecule has 2 aromatic rings. The Balaban J connectivity index is 1.80. The zero-order valence-corrected chi connectivity index (χ0v) is 14.6. The Morgan fingerprint density at radius 3 is 2.69 bits per heavy atom. The van der Waals surface area contributed by atoms with Gasteiger partial charge in [-0.3, -0.25) is 10.1 Å². The lowest BCUT2D eigenvalue weighted by molar-refractivity contribution is -0.384. The van der Waals surface area contributed by atoms with Crippen molar-refractivity contribution in [1.82, 2.24) is 0 Å². The fraction of sp³-hybridized carbons (Fsp3) is 0.300. The van der Waals surface area contributed by atoms with E-state index in [1.165, 1.54) is 0 Å². The number of nitro benzene ring substituents is 1. The summed E-state index contributed by atoms with van der Waals surface area (Å²) in [6.07, 6.45) is 5.23. The molecule has 0 saturated heterocycles. The van der Waals surface area contributed by atoms with Crippen LogP contribution in [0.4, 0.5) is 11.4 Å². The number of fused-ring (bicyclic) bond motifs is 3. The molecule has 4 rings (SSSR count). The predicted molar refractivity (Wildman–Crippen MR) is 99.0 cm³/mol. The molecule has 0 amide bonds. The molecular formula is C20H20N2O4. The van der Waals surface area contributed by atoms with Crippen LogP contribution in [-0.4, -0.2) is 19.1 Å². The summed E-state index contributed by atoms with van der Waals surface area (Å²) in [6, 6.07) is 10.9. The second-order valence-corrected chi connectivity index (χ2v) is 6.61. The first-order valence-corrected chi connectivity index (χ1v) is 8.56. The van der Waals surface area contributed by atoms with Crippen LogP contribution in [0.25, 0.3) is 0 Å². The largest absolute Gasteiger partial charge is 0.497 e. The molecule has 1 aliphatic heterocycles. The van der Waals surface area contributed by atoms with Gasteiger partial charge in [-0.15, -0.1) is 0 Å². The van der Waals surface area contributed by atoms with E-state index in [-0.39, 0.29) is 28.5 Å². The molecule has 1 N–H and O–H groups in total. The highest BCUT2D eigenvalue weighted by atomic mass is 16.6. The van der Waals surface area contributed by atoms with Crippen LogP contribution in [0.5, 0.6) is 11.5 Å². The minimum atomic E-state index is -0.342. The highest BCUT2D eigenvalue weighted by molar-refractivity contribution is 5.63. The van der Waals surface area contributed by atoms with Crippen molar-refractivity contribution in [3.8, 4) is 11.5 Å². The summed E-state index contributed by atoms with van der Waals surface area (Å²) in [6.45, 7) is 0. The maximum absolute atomic E-state index is 11.2. The monoisotopic (exact) mass is 352 g/mol. The van der Waals surface area contributed by atoms with Crippen LogP contribution >= 0.6 is 0 Å². The Labute approximate surface area is 151 Å². The van der Waals surface area contributed by atoms with Gasteiger partial charge in [-0.05, 0) is 42.2 Å². The number of nitrogens with zero attached hydrogens (tertiary/aromatic N) is 1. The van der Waals surface area contributed by atoms with Gasteiger partial charge in [0.05, 0.1) is 25.2 Å². The fourth-order valence-corrected chi connectivity index (χ4v) is 4.09. The SMILES string of the molecule is COc1ccc(OC)c([C@H]2Nc3ccc([N+](=O)[O-])cc3[C@@H]3C=CC[C@@H]23)c1. The van der Waals surface area contributed by atoms with E-state index in [1.807, 2.05) is 18.2 Å². The summed E-state index contributed by atoms with van der Waals surface area (Å²) < 4.78 is 11.0. The van der Waals surface area contributed by atoms with Crippen molar-refractivity contribution < 1.29 is 14.4 Å². The summed E-state index contributed by atoms with van der Waals surface area (Å²) in [5, 5.41) is 14.7. The van der Waals surface area contributed by atoms with Crippen LogP contribution in [0.3, 0.4) is 0 Å². The summed E-state index contributed by atoms with van der Waals surface area (Å²) in [4.78, 5) is 10.8. The molecule has 0 aromatic heterocycles. The van der Waals surface area contributed by atoms with Gasteiger partial charge < -0.3 is 14.8 Å². The molecule has 0 radical (unpaired) electrons. The molecule has 6 nitrogen and oxygen atoms in total. The van der Waals surface area contributed by atoms with Crippen molar-refractivity contribution in [3.63, 3.8) is 0 Å². The lowest BCUT2D eigenvalue weighted by Gasteiger charge is -2.37. The lowest BCUT2D eigenvalue weighted by Crippen LogP contribution is -2.29. The van der Waals surface area contributed by atoms with E-state index in [4.69, 9.17) is 9.47 Å². The number of nitro groups is 1. The van der Waals surface area contributed by atoms with E-state index < -0.39 is 0 Å².